The van der Waals surface area contributed by atoms with Gasteiger partial charge in [0.2, 0.25) is 0 Å². The monoisotopic (exact) mass is 357 g/mol. The smallest absolute Gasteiger partial charge is 0.161 e. The highest BCUT2D eigenvalue weighted by Crippen LogP contribution is 2.36. The fourth-order valence-corrected chi connectivity index (χ4v) is 3.66. The molecule has 0 saturated heterocycles. The maximum absolute atomic E-state index is 6.56. The summed E-state index contributed by atoms with van der Waals surface area (Å²) in [5, 5.41) is 0. The SMILES string of the molecule is Cn1c(-c2c(N)n(CCN)c3nc4ccccc4nc23)nc2ccccc21. The lowest BCUT2D eigenvalue weighted by Gasteiger charge is -2.06. The van der Waals surface area contributed by atoms with Gasteiger partial charge in [0.05, 0.1) is 27.6 Å². The molecule has 134 valence electrons. The van der Waals surface area contributed by atoms with Crippen molar-refractivity contribution >= 4 is 39.0 Å². The van der Waals surface area contributed by atoms with E-state index in [1.54, 1.807) is 0 Å². The van der Waals surface area contributed by atoms with E-state index in [4.69, 9.17) is 26.4 Å². The Morgan fingerprint density at radius 2 is 1.56 bits per heavy atom. The highest BCUT2D eigenvalue weighted by atomic mass is 15.1. The van der Waals surface area contributed by atoms with Crippen LogP contribution in [0.3, 0.4) is 0 Å². The van der Waals surface area contributed by atoms with Crippen LogP contribution < -0.4 is 11.5 Å². The number of hydrogen-bond donors (Lipinski definition) is 2. The molecule has 0 amide bonds. The van der Waals surface area contributed by atoms with Gasteiger partial charge in [0.25, 0.3) is 0 Å². The number of nitrogens with zero attached hydrogens (tertiary/aromatic N) is 5. The number of aromatic nitrogens is 5. The van der Waals surface area contributed by atoms with Crippen molar-refractivity contribution in [3.05, 3.63) is 48.5 Å². The van der Waals surface area contributed by atoms with E-state index in [2.05, 4.69) is 0 Å². The molecular weight excluding hydrogens is 338 g/mol. The van der Waals surface area contributed by atoms with Crippen LogP contribution in [0.5, 0.6) is 0 Å². The van der Waals surface area contributed by atoms with Crippen molar-refractivity contribution < 1.29 is 0 Å². The average molecular weight is 357 g/mol. The van der Waals surface area contributed by atoms with Crippen LogP contribution in [0.4, 0.5) is 5.82 Å². The molecule has 0 atom stereocenters. The maximum atomic E-state index is 6.56. The lowest BCUT2D eigenvalue weighted by Crippen LogP contribution is -2.12. The molecule has 0 aliphatic heterocycles. The standard InChI is InChI=1S/C20H19N7/c1-26-15-9-5-4-8-14(15)25-19(26)16-17-20(27(11-10-21)18(16)22)24-13-7-3-2-6-12(13)23-17/h2-9H,10-11,21-22H2,1H3. The quantitative estimate of drug-likeness (QED) is 0.517. The number of nitrogen functional groups attached to an aromatic ring is 1. The van der Waals surface area contributed by atoms with Crippen LogP contribution in [0.25, 0.3) is 44.6 Å². The molecule has 5 rings (SSSR count). The molecule has 3 heterocycles. The van der Waals surface area contributed by atoms with Crippen LogP contribution in [0.15, 0.2) is 48.5 Å². The van der Waals surface area contributed by atoms with Gasteiger partial charge in [0.1, 0.15) is 17.2 Å². The molecule has 4 N–H and O–H groups in total. The number of rotatable bonds is 3. The van der Waals surface area contributed by atoms with Crippen molar-refractivity contribution in [2.24, 2.45) is 12.8 Å². The van der Waals surface area contributed by atoms with E-state index in [9.17, 15) is 0 Å². The Morgan fingerprint density at radius 3 is 2.26 bits per heavy atom. The summed E-state index contributed by atoms with van der Waals surface area (Å²) in [6, 6.07) is 15.8. The minimum Gasteiger partial charge on any atom is -0.384 e. The Hall–Kier alpha value is -3.45. The van der Waals surface area contributed by atoms with Gasteiger partial charge < -0.3 is 20.6 Å². The molecule has 0 spiro atoms. The van der Waals surface area contributed by atoms with Crippen molar-refractivity contribution in [2.75, 3.05) is 12.3 Å². The van der Waals surface area contributed by atoms with Crippen molar-refractivity contribution in [1.82, 2.24) is 24.1 Å². The first kappa shape index (κ1) is 15.8. The second kappa shape index (κ2) is 5.78. The van der Waals surface area contributed by atoms with E-state index in [0.29, 0.717) is 18.9 Å². The Bertz CT molecular complexity index is 1310. The Morgan fingerprint density at radius 1 is 0.889 bits per heavy atom. The third kappa shape index (κ3) is 2.22. The number of nitrogens with two attached hydrogens (primary N) is 2. The number of fused-ring (bicyclic) bond motifs is 3. The molecular formula is C20H19N7. The second-order valence-electron chi connectivity index (χ2n) is 6.57. The van der Waals surface area contributed by atoms with Crippen LogP contribution >= 0.6 is 0 Å². The van der Waals surface area contributed by atoms with Gasteiger partial charge in [-0.05, 0) is 24.3 Å². The van der Waals surface area contributed by atoms with E-state index in [1.165, 1.54) is 0 Å². The number of benzene rings is 2. The highest BCUT2D eigenvalue weighted by molar-refractivity contribution is 6.01. The molecule has 0 fully saturated rings. The summed E-state index contributed by atoms with van der Waals surface area (Å²) in [4.78, 5) is 14.5. The predicted octanol–water partition coefficient (Wildman–Crippen LogP) is 2.68. The van der Waals surface area contributed by atoms with Crippen LogP contribution in [-0.4, -0.2) is 30.6 Å². The largest absolute Gasteiger partial charge is 0.384 e. The molecule has 0 radical (unpaired) electrons. The Balaban J connectivity index is 1.91. The van der Waals surface area contributed by atoms with Crippen LogP contribution in [-0.2, 0) is 13.6 Å². The van der Waals surface area contributed by atoms with Gasteiger partial charge in [-0.1, -0.05) is 24.3 Å². The molecule has 7 nitrogen and oxygen atoms in total. The first-order valence-electron chi connectivity index (χ1n) is 8.85. The predicted molar refractivity (Wildman–Crippen MR) is 108 cm³/mol. The highest BCUT2D eigenvalue weighted by Gasteiger charge is 2.23. The summed E-state index contributed by atoms with van der Waals surface area (Å²) in [7, 11) is 1.99. The van der Waals surface area contributed by atoms with Gasteiger partial charge in [0, 0.05) is 20.1 Å². The second-order valence-corrected chi connectivity index (χ2v) is 6.57. The van der Waals surface area contributed by atoms with Crippen LogP contribution in [0.2, 0.25) is 0 Å². The first-order valence-corrected chi connectivity index (χ1v) is 8.85. The molecule has 0 aliphatic carbocycles. The van der Waals surface area contributed by atoms with E-state index < -0.39 is 0 Å². The summed E-state index contributed by atoms with van der Waals surface area (Å²) in [5.74, 6) is 1.36. The van der Waals surface area contributed by atoms with E-state index >= 15 is 0 Å². The third-order valence-corrected chi connectivity index (χ3v) is 4.96. The normalized spacial score (nSPS) is 11.8. The molecule has 2 aromatic carbocycles. The lowest BCUT2D eigenvalue weighted by molar-refractivity contribution is 0.738. The van der Waals surface area contributed by atoms with Crippen LogP contribution in [0, 0.1) is 0 Å². The molecule has 0 unspecified atom stereocenters. The van der Waals surface area contributed by atoms with Gasteiger partial charge in [0.15, 0.2) is 5.65 Å². The number of para-hydroxylation sites is 4. The molecule has 5 aromatic rings. The lowest BCUT2D eigenvalue weighted by atomic mass is 10.2. The molecule has 0 bridgehead atoms. The topological polar surface area (TPSA) is 101 Å². The Labute approximate surface area is 155 Å². The van der Waals surface area contributed by atoms with Gasteiger partial charge >= 0.3 is 0 Å². The van der Waals surface area contributed by atoms with Crippen LogP contribution in [0.1, 0.15) is 0 Å². The number of imidazole rings is 1. The molecule has 3 aromatic heterocycles. The maximum Gasteiger partial charge on any atom is 0.161 e. The van der Waals surface area contributed by atoms with Crippen molar-refractivity contribution in [1.29, 1.82) is 0 Å². The van der Waals surface area contributed by atoms with Gasteiger partial charge in [-0.25, -0.2) is 15.0 Å². The summed E-state index contributed by atoms with van der Waals surface area (Å²) in [6.07, 6.45) is 0. The van der Waals surface area contributed by atoms with Gasteiger partial charge in [-0.2, -0.15) is 0 Å². The Kier molecular flexibility index (Phi) is 3.38. The van der Waals surface area contributed by atoms with E-state index in [0.717, 1.165) is 44.6 Å². The van der Waals surface area contributed by atoms with Crippen molar-refractivity contribution in [3.63, 3.8) is 0 Å². The fourth-order valence-electron chi connectivity index (χ4n) is 3.66. The molecule has 27 heavy (non-hydrogen) atoms. The zero-order chi connectivity index (χ0) is 18.5. The summed E-state index contributed by atoms with van der Waals surface area (Å²) >= 11 is 0. The number of hydrogen-bond acceptors (Lipinski definition) is 5. The van der Waals surface area contributed by atoms with Crippen molar-refractivity contribution in [3.8, 4) is 11.4 Å². The molecule has 0 saturated carbocycles. The van der Waals surface area contributed by atoms with E-state index in [1.807, 2.05) is 64.7 Å². The zero-order valence-corrected chi connectivity index (χ0v) is 14.9. The minimum absolute atomic E-state index is 0.463. The number of anilines is 1. The minimum atomic E-state index is 0.463. The van der Waals surface area contributed by atoms with E-state index in [-0.39, 0.29) is 0 Å². The average Bonchev–Trinajstić information content (AvgIpc) is 3.15. The van der Waals surface area contributed by atoms with Gasteiger partial charge in [-0.15, -0.1) is 0 Å². The molecule has 0 aliphatic rings. The first-order chi connectivity index (χ1) is 13.2. The van der Waals surface area contributed by atoms with Crippen molar-refractivity contribution in [2.45, 2.75) is 6.54 Å². The zero-order valence-electron chi connectivity index (χ0n) is 14.9. The summed E-state index contributed by atoms with van der Waals surface area (Å²) < 4.78 is 3.98. The molecule has 7 heteroatoms. The van der Waals surface area contributed by atoms with Gasteiger partial charge in [-0.3, -0.25) is 0 Å². The summed E-state index contributed by atoms with van der Waals surface area (Å²) in [5.41, 5.74) is 18.3. The third-order valence-electron chi connectivity index (χ3n) is 4.96. The summed E-state index contributed by atoms with van der Waals surface area (Å²) in [6.45, 7) is 1.03. The fraction of sp³-hybridized carbons (Fsp3) is 0.150. The number of aryl methyl sites for hydroxylation is 1.